The summed E-state index contributed by atoms with van der Waals surface area (Å²) in [5.74, 6) is -0.605. The van der Waals surface area contributed by atoms with Crippen LogP contribution in [0.15, 0.2) is 127 Å². The number of aromatic hydroxyl groups is 2. The van der Waals surface area contributed by atoms with E-state index in [-0.39, 0.29) is 115 Å². The predicted octanol–water partition coefficient (Wildman–Crippen LogP) is 7.57. The Kier molecular flexibility index (Phi) is 13.2. The maximum absolute atomic E-state index is 11.3. The van der Waals surface area contributed by atoms with Crippen molar-refractivity contribution in [1.29, 1.82) is 0 Å². The predicted molar refractivity (Wildman–Crippen MR) is 194 cm³/mol. The Morgan fingerprint density at radius 2 is 0.873 bits per heavy atom. The fourth-order valence-electron chi connectivity index (χ4n) is 5.01. The number of hydrogen-bond donors (Lipinski definition) is 4. The van der Waals surface area contributed by atoms with E-state index in [0.717, 1.165) is 24.3 Å². The smallest absolute Gasteiger partial charge is 0.744 e. The summed E-state index contributed by atoms with van der Waals surface area (Å²) in [5, 5.41) is 55.6. The van der Waals surface area contributed by atoms with Crippen LogP contribution in [-0.2, 0) is 20.2 Å². The Morgan fingerprint density at radius 3 is 1.20 bits per heavy atom. The minimum atomic E-state index is -4.70. The Balaban J connectivity index is 0.000000240. The van der Waals surface area contributed by atoms with Crippen molar-refractivity contribution in [2.45, 2.75) is 23.6 Å². The molecule has 0 aliphatic rings. The summed E-state index contributed by atoms with van der Waals surface area (Å²) in [6.07, 6.45) is 0. The van der Waals surface area contributed by atoms with Crippen molar-refractivity contribution in [1.82, 2.24) is 0 Å². The molecule has 0 bridgehead atoms. The van der Waals surface area contributed by atoms with E-state index in [9.17, 15) is 56.4 Å². The van der Waals surface area contributed by atoms with Crippen LogP contribution in [0, 0.1) is 23.7 Å². The topological polar surface area (TPSA) is 285 Å². The molecule has 0 saturated carbocycles. The maximum atomic E-state index is 11.3. The van der Waals surface area contributed by atoms with Crippen molar-refractivity contribution in [3.63, 3.8) is 0 Å². The number of rotatable bonds is 8. The molecule has 4 N–H and O–H groups in total. The van der Waals surface area contributed by atoms with Gasteiger partial charge in [0.25, 0.3) is 9.85 Å². The molecule has 0 aliphatic carbocycles. The van der Waals surface area contributed by atoms with Gasteiger partial charge in [-0.05, 0) is 84.3 Å². The second-order valence-corrected chi connectivity index (χ2v) is 14.2. The van der Waals surface area contributed by atoms with Gasteiger partial charge < -0.3 is 19.3 Å². The number of nitrogens with zero attached hydrogens (tertiary/aromatic N) is 6. The Hall–Kier alpha value is -5.17. The van der Waals surface area contributed by atoms with Crippen LogP contribution in [0.4, 0.5) is 34.1 Å². The van der Waals surface area contributed by atoms with Gasteiger partial charge in [-0.3, -0.25) is 0 Å². The zero-order chi connectivity index (χ0) is 39.5. The summed E-state index contributed by atoms with van der Waals surface area (Å²) in [7, 11) is -9.40. The molecular formula is C34H26BaN6O12S2+2. The van der Waals surface area contributed by atoms with E-state index >= 15 is 0 Å². The molecule has 0 spiro atoms. The van der Waals surface area contributed by atoms with Crippen LogP contribution >= 0.6 is 0 Å². The summed E-state index contributed by atoms with van der Waals surface area (Å²) in [6, 6.07) is 22.0. The molecule has 21 heteroatoms. The Bertz CT molecular complexity index is 2610. The van der Waals surface area contributed by atoms with Crippen molar-refractivity contribution >= 4 is 125 Å². The van der Waals surface area contributed by atoms with E-state index in [1.165, 1.54) is 60.7 Å². The van der Waals surface area contributed by atoms with Gasteiger partial charge in [-0.15, -0.1) is 20.5 Å². The minimum absolute atomic E-state index is 0. The van der Waals surface area contributed by atoms with E-state index < -0.39 is 30.0 Å². The van der Waals surface area contributed by atoms with Crippen molar-refractivity contribution in [2.75, 3.05) is 0 Å². The number of phenolic OH excluding ortho intramolecular Hbond substituents is 2. The summed E-state index contributed by atoms with van der Waals surface area (Å²) >= 11 is 0. The van der Waals surface area contributed by atoms with E-state index in [2.05, 4.69) is 20.5 Å². The van der Waals surface area contributed by atoms with Gasteiger partial charge in [-0.1, -0.05) is 36.4 Å². The minimum Gasteiger partial charge on any atom is -0.744 e. The largest absolute Gasteiger partial charge is 2.00 e. The van der Waals surface area contributed by atoms with Gasteiger partial charge in [0.15, 0.2) is 11.4 Å². The molecule has 55 heavy (non-hydrogen) atoms. The van der Waals surface area contributed by atoms with Crippen LogP contribution in [-0.4, -0.2) is 105 Å². The fraction of sp³-hybridized carbons (Fsp3) is 0.0588. The standard InChI is InChI=1S/2C17H13N3O6S.Ba/c2*1-10-2-6-14(15(8-10)20(22)23)18-19-17-13-9-12(27(24,25)26)5-3-11(13)4-7-16(17)21;/h2*2-9H,1H3,(H2-,18,21,22,23,24,25,26);/q;;+2. The molecule has 0 unspecified atom stereocenters. The third-order valence-corrected chi connectivity index (χ3v) is 9.32. The number of fused-ring (bicyclic) bond motifs is 2. The quantitative estimate of drug-likeness (QED) is 0.0498. The molecule has 0 atom stereocenters. The molecule has 0 amide bonds. The van der Waals surface area contributed by atoms with E-state index in [0.29, 0.717) is 21.9 Å². The molecule has 6 aromatic carbocycles. The SMILES string of the molecule is Cc1ccc(N=Nc2c(O)ccc3ccc(S(=O)(=O)[O-])cc23)c([N+](=O)O)c1.Cc1ccc(N=Nc2c(O)ccc3ccc(S(=O)(=O)[O-])cc23)c([N+](=O)O)c1.[Ba+2]. The average Bonchev–Trinajstić information content (AvgIpc) is 3.10. The summed E-state index contributed by atoms with van der Waals surface area (Å²) in [6.45, 7) is 3.44. The summed E-state index contributed by atoms with van der Waals surface area (Å²) < 4.78 is 67.6. The first kappa shape index (κ1) is 42.6. The molecule has 0 heterocycles. The molecule has 0 radical (unpaired) electrons. The van der Waals surface area contributed by atoms with Gasteiger partial charge in [0.2, 0.25) is 0 Å². The molecule has 6 rings (SSSR count). The van der Waals surface area contributed by atoms with Gasteiger partial charge >= 0.3 is 60.3 Å². The van der Waals surface area contributed by atoms with Crippen molar-refractivity contribution in [2.24, 2.45) is 20.5 Å². The second kappa shape index (κ2) is 17.1. The van der Waals surface area contributed by atoms with Gasteiger partial charge in [0, 0.05) is 22.9 Å². The summed E-state index contributed by atoms with van der Waals surface area (Å²) in [4.78, 5) is 20.9. The third kappa shape index (κ3) is 10.1. The van der Waals surface area contributed by atoms with Gasteiger partial charge in [0.05, 0.1) is 19.6 Å². The van der Waals surface area contributed by atoms with E-state index in [1.807, 2.05) is 0 Å². The first-order chi connectivity index (χ1) is 25.3. The van der Waals surface area contributed by atoms with Crippen molar-refractivity contribution in [3.8, 4) is 11.5 Å². The fourth-order valence-corrected chi connectivity index (χ4v) is 6.01. The molecule has 0 aliphatic heterocycles. The van der Waals surface area contributed by atoms with Gasteiger partial charge in [0.1, 0.15) is 43.1 Å². The first-order valence-electron chi connectivity index (χ1n) is 15.1. The van der Waals surface area contributed by atoms with Crippen molar-refractivity contribution < 1.29 is 56.4 Å². The van der Waals surface area contributed by atoms with E-state index in [1.54, 1.807) is 26.0 Å². The van der Waals surface area contributed by atoms with Gasteiger partial charge in [-0.25, -0.2) is 27.3 Å². The summed E-state index contributed by atoms with van der Waals surface area (Å²) in [5.41, 5.74) is 1.00. The van der Waals surface area contributed by atoms with Crippen LogP contribution in [0.1, 0.15) is 11.1 Å². The van der Waals surface area contributed by atoms with Crippen LogP contribution < -0.4 is 0 Å². The molecule has 0 fully saturated rings. The molecular weight excluding hydrogens is 886 g/mol. The molecule has 6 aromatic rings. The van der Waals surface area contributed by atoms with Gasteiger partial charge in [-0.2, -0.15) is 0 Å². The average molecular weight is 912 g/mol. The Labute approximate surface area is 351 Å². The molecule has 0 aromatic heterocycles. The number of hydrogen-bond acceptors (Lipinski definition) is 14. The van der Waals surface area contributed by atoms with Crippen LogP contribution in [0.5, 0.6) is 11.5 Å². The zero-order valence-corrected chi connectivity index (χ0v) is 34.6. The first-order valence-corrected chi connectivity index (χ1v) is 18.0. The van der Waals surface area contributed by atoms with Crippen LogP contribution in [0.2, 0.25) is 0 Å². The number of azo groups is 2. The van der Waals surface area contributed by atoms with Crippen LogP contribution in [0.3, 0.4) is 0 Å². The third-order valence-electron chi connectivity index (χ3n) is 7.65. The maximum Gasteiger partial charge on any atom is 2.00 e. The molecule has 276 valence electrons. The number of aryl methyl sites for hydroxylation is 2. The monoisotopic (exact) mass is 912 g/mol. The van der Waals surface area contributed by atoms with Crippen LogP contribution in [0.25, 0.3) is 21.5 Å². The molecule has 18 nitrogen and oxygen atoms in total. The number of phenols is 2. The molecule has 0 saturated heterocycles. The second-order valence-electron chi connectivity index (χ2n) is 11.5. The zero-order valence-electron chi connectivity index (χ0n) is 28.5. The van der Waals surface area contributed by atoms with Crippen molar-refractivity contribution in [3.05, 3.63) is 118 Å². The van der Waals surface area contributed by atoms with E-state index in [4.69, 9.17) is 0 Å². The number of benzene rings is 6. The Morgan fingerprint density at radius 1 is 0.527 bits per heavy atom. The normalized spacial score (nSPS) is 11.7.